The second-order valence-corrected chi connectivity index (χ2v) is 6.15. The van der Waals surface area contributed by atoms with E-state index in [0.717, 1.165) is 48.7 Å². The molecule has 6 heteroatoms. The maximum Gasteiger partial charge on any atom is 0.290 e. The lowest BCUT2D eigenvalue weighted by atomic mass is 9.88. The first-order valence-corrected chi connectivity index (χ1v) is 8.16. The summed E-state index contributed by atoms with van der Waals surface area (Å²) in [6.07, 6.45) is 10.0. The number of nitrogens with one attached hydrogen (secondary N) is 1. The number of fused-ring (bicyclic) bond motifs is 1. The molecule has 0 bridgehead atoms. The second-order valence-electron chi connectivity index (χ2n) is 6.15. The molecule has 1 unspecified atom stereocenters. The summed E-state index contributed by atoms with van der Waals surface area (Å²) in [5.41, 5.74) is 1.88. The Balaban J connectivity index is 0.000000545. The van der Waals surface area contributed by atoms with E-state index in [1.54, 1.807) is 0 Å². The molecular weight excluding hydrogens is 284 g/mol. The predicted molar refractivity (Wildman–Crippen MR) is 81.5 cm³/mol. The molecular formula is C16H26N2O4. The number of aromatic nitrogens is 1. The van der Waals surface area contributed by atoms with E-state index in [2.05, 4.69) is 10.5 Å². The highest BCUT2D eigenvalue weighted by Gasteiger charge is 2.25. The molecule has 0 saturated heterocycles. The number of rotatable bonds is 4. The van der Waals surface area contributed by atoms with Crippen LogP contribution in [0.15, 0.2) is 4.52 Å². The molecule has 0 radical (unpaired) electrons. The zero-order chi connectivity index (χ0) is 15.8. The topological polar surface area (TPSA) is 95.6 Å². The first-order chi connectivity index (χ1) is 10.8. The smallest absolute Gasteiger partial charge is 0.290 e. The Morgan fingerprint density at radius 1 is 1.27 bits per heavy atom. The van der Waals surface area contributed by atoms with Gasteiger partial charge in [-0.3, -0.25) is 4.79 Å². The van der Waals surface area contributed by atoms with Crippen LogP contribution in [0.2, 0.25) is 0 Å². The van der Waals surface area contributed by atoms with E-state index in [0.29, 0.717) is 6.04 Å². The van der Waals surface area contributed by atoms with E-state index in [4.69, 9.17) is 14.4 Å². The number of carbonyl (C=O) groups is 1. The van der Waals surface area contributed by atoms with Gasteiger partial charge in [0.05, 0.1) is 6.61 Å². The maximum atomic E-state index is 9.26. The summed E-state index contributed by atoms with van der Waals surface area (Å²) in [5.74, 6) is 1.86. The SMILES string of the molecule is O=CO.OCc1noc2c1CC(NCC1CCCCC1)CC2. The molecule has 1 aromatic heterocycles. The normalized spacial score (nSPS) is 21.6. The van der Waals surface area contributed by atoms with Gasteiger partial charge < -0.3 is 20.1 Å². The summed E-state index contributed by atoms with van der Waals surface area (Å²) < 4.78 is 5.28. The summed E-state index contributed by atoms with van der Waals surface area (Å²) in [6, 6.07) is 0.527. The number of aliphatic hydroxyl groups is 1. The van der Waals surface area contributed by atoms with Crippen molar-refractivity contribution in [2.75, 3.05) is 6.54 Å². The van der Waals surface area contributed by atoms with Crippen LogP contribution in [0.5, 0.6) is 0 Å². The van der Waals surface area contributed by atoms with Gasteiger partial charge in [-0.15, -0.1) is 0 Å². The molecule has 0 aromatic carbocycles. The Bertz CT molecular complexity index is 441. The molecule has 3 rings (SSSR count). The van der Waals surface area contributed by atoms with Crippen molar-refractivity contribution in [2.45, 2.75) is 64.0 Å². The molecule has 1 atom stereocenters. The van der Waals surface area contributed by atoms with Crippen LogP contribution in [-0.2, 0) is 24.2 Å². The third-order valence-corrected chi connectivity index (χ3v) is 4.69. The third-order valence-electron chi connectivity index (χ3n) is 4.69. The molecule has 1 heterocycles. The van der Waals surface area contributed by atoms with Gasteiger partial charge in [0, 0.05) is 18.0 Å². The predicted octanol–water partition coefficient (Wildman–Crippen LogP) is 1.89. The number of aliphatic hydroxyl groups excluding tert-OH is 1. The quantitative estimate of drug-likeness (QED) is 0.735. The van der Waals surface area contributed by atoms with Crippen LogP contribution in [-0.4, -0.2) is 34.4 Å². The average molecular weight is 310 g/mol. The monoisotopic (exact) mass is 310 g/mol. The summed E-state index contributed by atoms with van der Waals surface area (Å²) in [6.45, 7) is 0.897. The van der Waals surface area contributed by atoms with Gasteiger partial charge in [-0.1, -0.05) is 24.4 Å². The van der Waals surface area contributed by atoms with E-state index in [1.807, 2.05) is 0 Å². The number of carboxylic acid groups (broad SMARTS) is 1. The largest absolute Gasteiger partial charge is 0.483 e. The molecule has 1 fully saturated rings. The summed E-state index contributed by atoms with van der Waals surface area (Å²) in [4.78, 5) is 8.36. The van der Waals surface area contributed by atoms with Crippen LogP contribution < -0.4 is 5.32 Å². The van der Waals surface area contributed by atoms with Crippen molar-refractivity contribution in [3.8, 4) is 0 Å². The van der Waals surface area contributed by atoms with Gasteiger partial charge in [-0.05, 0) is 38.1 Å². The Morgan fingerprint density at radius 3 is 2.68 bits per heavy atom. The molecule has 0 spiro atoms. The van der Waals surface area contributed by atoms with Gasteiger partial charge in [0.25, 0.3) is 6.47 Å². The van der Waals surface area contributed by atoms with E-state index in [1.165, 1.54) is 32.1 Å². The van der Waals surface area contributed by atoms with Crippen LogP contribution in [0, 0.1) is 5.92 Å². The van der Waals surface area contributed by atoms with Crippen molar-refractivity contribution in [1.29, 1.82) is 0 Å². The van der Waals surface area contributed by atoms with Gasteiger partial charge in [0.1, 0.15) is 11.5 Å². The van der Waals surface area contributed by atoms with Crippen molar-refractivity contribution in [3.63, 3.8) is 0 Å². The molecule has 6 nitrogen and oxygen atoms in total. The molecule has 3 N–H and O–H groups in total. The van der Waals surface area contributed by atoms with Crippen LogP contribution >= 0.6 is 0 Å². The Morgan fingerprint density at radius 2 is 2.00 bits per heavy atom. The third kappa shape index (κ3) is 4.55. The van der Waals surface area contributed by atoms with E-state index < -0.39 is 0 Å². The first-order valence-electron chi connectivity index (χ1n) is 8.16. The van der Waals surface area contributed by atoms with Crippen molar-refractivity contribution < 1.29 is 19.5 Å². The van der Waals surface area contributed by atoms with E-state index in [9.17, 15) is 5.11 Å². The van der Waals surface area contributed by atoms with Gasteiger partial charge in [0.2, 0.25) is 0 Å². The first kappa shape index (κ1) is 17.0. The Hall–Kier alpha value is -1.40. The molecule has 2 aliphatic carbocycles. The number of nitrogens with zero attached hydrogens (tertiary/aromatic N) is 1. The lowest BCUT2D eigenvalue weighted by Crippen LogP contribution is -2.38. The van der Waals surface area contributed by atoms with Crippen molar-refractivity contribution in [3.05, 3.63) is 17.0 Å². The van der Waals surface area contributed by atoms with E-state index >= 15 is 0 Å². The minimum absolute atomic E-state index is 0.00578. The van der Waals surface area contributed by atoms with Crippen molar-refractivity contribution >= 4 is 6.47 Å². The van der Waals surface area contributed by atoms with Crippen LogP contribution in [0.1, 0.15) is 55.5 Å². The minimum Gasteiger partial charge on any atom is -0.483 e. The minimum atomic E-state index is -0.250. The number of aryl methyl sites for hydroxylation is 1. The Labute approximate surface area is 130 Å². The molecule has 0 amide bonds. The maximum absolute atomic E-state index is 9.26. The molecule has 1 aromatic rings. The van der Waals surface area contributed by atoms with Crippen LogP contribution in [0.3, 0.4) is 0 Å². The zero-order valence-electron chi connectivity index (χ0n) is 13.0. The lowest BCUT2D eigenvalue weighted by Gasteiger charge is -2.27. The number of hydrogen-bond donors (Lipinski definition) is 3. The summed E-state index contributed by atoms with van der Waals surface area (Å²) in [7, 11) is 0. The van der Waals surface area contributed by atoms with Gasteiger partial charge >= 0.3 is 0 Å². The fourth-order valence-electron chi connectivity index (χ4n) is 3.49. The van der Waals surface area contributed by atoms with Crippen molar-refractivity contribution in [1.82, 2.24) is 10.5 Å². The fourth-order valence-corrected chi connectivity index (χ4v) is 3.49. The highest BCUT2D eigenvalue weighted by Crippen LogP contribution is 2.26. The average Bonchev–Trinajstić information content (AvgIpc) is 2.97. The lowest BCUT2D eigenvalue weighted by molar-refractivity contribution is -0.122. The van der Waals surface area contributed by atoms with Gasteiger partial charge in [-0.2, -0.15) is 0 Å². The molecule has 1 saturated carbocycles. The second kappa shape index (κ2) is 8.90. The van der Waals surface area contributed by atoms with Crippen molar-refractivity contribution in [2.24, 2.45) is 5.92 Å². The van der Waals surface area contributed by atoms with E-state index in [-0.39, 0.29) is 13.1 Å². The molecule has 124 valence electrons. The zero-order valence-corrected chi connectivity index (χ0v) is 13.0. The highest BCUT2D eigenvalue weighted by atomic mass is 16.5. The van der Waals surface area contributed by atoms with Crippen LogP contribution in [0.4, 0.5) is 0 Å². The fraction of sp³-hybridized carbons (Fsp3) is 0.750. The molecule has 0 aliphatic heterocycles. The highest BCUT2D eigenvalue weighted by molar-refractivity contribution is 5.32. The molecule has 22 heavy (non-hydrogen) atoms. The van der Waals surface area contributed by atoms with Crippen LogP contribution in [0.25, 0.3) is 0 Å². The summed E-state index contributed by atoms with van der Waals surface area (Å²) >= 11 is 0. The van der Waals surface area contributed by atoms with Gasteiger partial charge in [-0.25, -0.2) is 0 Å². The standard InChI is InChI=1S/C15H24N2O2.CH2O2/c18-10-14-13-8-12(6-7-15(13)19-17-14)16-9-11-4-2-1-3-5-11;2-1-3/h11-12,16,18H,1-10H2;1H,(H,2,3). The van der Waals surface area contributed by atoms with Gasteiger partial charge in [0.15, 0.2) is 0 Å². The Kier molecular flexibility index (Phi) is 6.86. The summed E-state index contributed by atoms with van der Waals surface area (Å²) in [5, 5.41) is 23.8. The number of hydrogen-bond acceptors (Lipinski definition) is 5. The molecule has 2 aliphatic rings.